The Morgan fingerprint density at radius 1 is 1.46 bits per heavy atom. The predicted octanol–water partition coefficient (Wildman–Crippen LogP) is 2.58. The molecule has 1 rings (SSSR count). The molecule has 0 aliphatic rings. The SMILES string of the molecule is O=Cc1ccc(C=CCS)c(F)c1. The summed E-state index contributed by atoms with van der Waals surface area (Å²) >= 11 is 3.96. The van der Waals surface area contributed by atoms with E-state index < -0.39 is 0 Å². The molecule has 0 N–H and O–H groups in total. The zero-order chi connectivity index (χ0) is 9.68. The Morgan fingerprint density at radius 3 is 2.77 bits per heavy atom. The zero-order valence-electron chi connectivity index (χ0n) is 6.90. The summed E-state index contributed by atoms with van der Waals surface area (Å²) < 4.78 is 13.1. The third-order valence-electron chi connectivity index (χ3n) is 1.56. The van der Waals surface area contributed by atoms with Crippen LogP contribution in [0.2, 0.25) is 0 Å². The van der Waals surface area contributed by atoms with Gasteiger partial charge in [-0.2, -0.15) is 12.6 Å². The Bertz CT molecular complexity index is 334. The molecule has 0 aliphatic carbocycles. The van der Waals surface area contributed by atoms with E-state index in [4.69, 9.17) is 0 Å². The van der Waals surface area contributed by atoms with Crippen molar-refractivity contribution in [1.29, 1.82) is 0 Å². The lowest BCUT2D eigenvalue weighted by molar-refractivity contribution is 0.112. The van der Waals surface area contributed by atoms with Crippen molar-refractivity contribution >= 4 is 25.0 Å². The van der Waals surface area contributed by atoms with Gasteiger partial charge in [-0.25, -0.2) is 4.39 Å². The van der Waals surface area contributed by atoms with Gasteiger partial charge in [-0.1, -0.05) is 24.3 Å². The van der Waals surface area contributed by atoms with Gasteiger partial charge in [0, 0.05) is 16.9 Å². The molecule has 0 spiro atoms. The molecule has 0 heterocycles. The Labute approximate surface area is 81.7 Å². The lowest BCUT2D eigenvalue weighted by atomic mass is 10.1. The first-order valence-corrected chi connectivity index (χ1v) is 4.43. The molecule has 0 bridgehead atoms. The number of hydrogen-bond donors (Lipinski definition) is 1. The Kier molecular flexibility index (Phi) is 3.71. The highest BCUT2D eigenvalue weighted by molar-refractivity contribution is 7.80. The first-order valence-electron chi connectivity index (χ1n) is 3.80. The predicted molar refractivity (Wildman–Crippen MR) is 54.7 cm³/mol. The minimum Gasteiger partial charge on any atom is -0.298 e. The number of hydrogen-bond acceptors (Lipinski definition) is 2. The van der Waals surface area contributed by atoms with Crippen LogP contribution >= 0.6 is 12.6 Å². The molecular formula is C10H9FOS. The Balaban J connectivity index is 2.98. The first-order chi connectivity index (χ1) is 6.27. The molecule has 0 saturated heterocycles. The van der Waals surface area contributed by atoms with Gasteiger partial charge in [0.25, 0.3) is 0 Å². The lowest BCUT2D eigenvalue weighted by Gasteiger charge is -1.96. The standard InChI is InChI=1S/C10H9FOS/c11-10-6-8(7-12)3-4-9(10)2-1-5-13/h1-4,6-7,13H,5H2. The van der Waals surface area contributed by atoms with Crippen LogP contribution in [-0.4, -0.2) is 12.0 Å². The Hall–Kier alpha value is -1.09. The fraction of sp³-hybridized carbons (Fsp3) is 0.100. The van der Waals surface area contributed by atoms with Gasteiger partial charge >= 0.3 is 0 Å². The first kappa shape index (κ1) is 9.99. The monoisotopic (exact) mass is 196 g/mol. The van der Waals surface area contributed by atoms with Gasteiger partial charge in [-0.05, 0) is 6.07 Å². The van der Waals surface area contributed by atoms with Gasteiger partial charge in [0.2, 0.25) is 0 Å². The number of aldehydes is 1. The normalized spacial score (nSPS) is 10.6. The van der Waals surface area contributed by atoms with Crippen LogP contribution < -0.4 is 0 Å². The van der Waals surface area contributed by atoms with Crippen LogP contribution in [0, 0.1) is 5.82 Å². The van der Waals surface area contributed by atoms with Crippen LogP contribution in [0.1, 0.15) is 15.9 Å². The maximum atomic E-state index is 13.1. The molecule has 68 valence electrons. The van der Waals surface area contributed by atoms with Crippen LogP contribution in [-0.2, 0) is 0 Å². The fourth-order valence-corrected chi connectivity index (χ4v) is 1.04. The smallest absolute Gasteiger partial charge is 0.150 e. The quantitative estimate of drug-likeness (QED) is 0.581. The summed E-state index contributed by atoms with van der Waals surface area (Å²) in [5.74, 6) is 0.178. The van der Waals surface area contributed by atoms with Gasteiger partial charge in [0.15, 0.2) is 0 Å². The van der Waals surface area contributed by atoms with E-state index in [9.17, 15) is 9.18 Å². The highest BCUT2D eigenvalue weighted by atomic mass is 32.1. The molecule has 0 fully saturated rings. The molecule has 1 nitrogen and oxygen atoms in total. The van der Waals surface area contributed by atoms with Crippen LogP contribution in [0.15, 0.2) is 24.3 Å². The second kappa shape index (κ2) is 4.82. The van der Waals surface area contributed by atoms with Gasteiger partial charge in [0.1, 0.15) is 12.1 Å². The molecule has 1 aromatic rings. The molecule has 13 heavy (non-hydrogen) atoms. The van der Waals surface area contributed by atoms with Crippen molar-refractivity contribution in [1.82, 2.24) is 0 Å². The van der Waals surface area contributed by atoms with Crippen molar-refractivity contribution in [2.45, 2.75) is 0 Å². The summed E-state index contributed by atoms with van der Waals surface area (Å²) in [5, 5.41) is 0. The molecule has 0 aliphatic heterocycles. The van der Waals surface area contributed by atoms with E-state index in [0.717, 1.165) is 0 Å². The van der Waals surface area contributed by atoms with E-state index >= 15 is 0 Å². The minimum absolute atomic E-state index is 0.348. The summed E-state index contributed by atoms with van der Waals surface area (Å²) in [7, 11) is 0. The lowest BCUT2D eigenvalue weighted by Crippen LogP contribution is -1.86. The molecule has 0 unspecified atom stereocenters. The fourth-order valence-electron chi connectivity index (χ4n) is 0.932. The maximum Gasteiger partial charge on any atom is 0.150 e. The van der Waals surface area contributed by atoms with Crippen molar-refractivity contribution in [2.75, 3.05) is 5.75 Å². The number of halogens is 1. The average Bonchev–Trinajstić information content (AvgIpc) is 2.16. The maximum absolute atomic E-state index is 13.1. The van der Waals surface area contributed by atoms with Crippen molar-refractivity contribution in [3.63, 3.8) is 0 Å². The largest absolute Gasteiger partial charge is 0.298 e. The van der Waals surface area contributed by atoms with E-state index in [1.165, 1.54) is 6.07 Å². The summed E-state index contributed by atoms with van der Waals surface area (Å²) in [6, 6.07) is 4.36. The van der Waals surface area contributed by atoms with E-state index in [-0.39, 0.29) is 5.82 Å². The summed E-state index contributed by atoms with van der Waals surface area (Å²) in [5.41, 5.74) is 0.820. The number of rotatable bonds is 3. The van der Waals surface area contributed by atoms with Crippen LogP contribution in [0.4, 0.5) is 4.39 Å². The average molecular weight is 196 g/mol. The van der Waals surface area contributed by atoms with Crippen LogP contribution in [0.25, 0.3) is 6.08 Å². The molecule has 0 amide bonds. The second-order valence-electron chi connectivity index (χ2n) is 2.48. The molecule has 0 atom stereocenters. The van der Waals surface area contributed by atoms with Crippen molar-refractivity contribution < 1.29 is 9.18 Å². The second-order valence-corrected chi connectivity index (χ2v) is 2.85. The summed E-state index contributed by atoms with van der Waals surface area (Å²) in [6.45, 7) is 0. The van der Waals surface area contributed by atoms with Gasteiger partial charge in [-0.3, -0.25) is 4.79 Å². The zero-order valence-corrected chi connectivity index (χ0v) is 7.80. The topological polar surface area (TPSA) is 17.1 Å². The highest BCUT2D eigenvalue weighted by Crippen LogP contribution is 2.10. The third-order valence-corrected chi connectivity index (χ3v) is 1.77. The number of benzene rings is 1. The van der Waals surface area contributed by atoms with Crippen molar-refractivity contribution in [2.24, 2.45) is 0 Å². The van der Waals surface area contributed by atoms with Gasteiger partial charge in [-0.15, -0.1) is 0 Å². The van der Waals surface area contributed by atoms with E-state index in [1.807, 2.05) is 0 Å². The third kappa shape index (κ3) is 2.70. The van der Waals surface area contributed by atoms with Crippen LogP contribution in [0.3, 0.4) is 0 Å². The summed E-state index contributed by atoms with van der Waals surface area (Å²) in [6.07, 6.45) is 3.99. The minimum atomic E-state index is -0.386. The molecule has 0 radical (unpaired) electrons. The van der Waals surface area contributed by atoms with E-state index in [2.05, 4.69) is 12.6 Å². The Morgan fingerprint density at radius 2 is 2.23 bits per heavy atom. The molecule has 3 heteroatoms. The molecule has 0 saturated carbocycles. The number of carbonyl (C=O) groups excluding carboxylic acids is 1. The van der Waals surface area contributed by atoms with E-state index in [0.29, 0.717) is 23.2 Å². The van der Waals surface area contributed by atoms with Gasteiger partial charge < -0.3 is 0 Å². The molecule has 1 aromatic carbocycles. The van der Waals surface area contributed by atoms with Crippen LogP contribution in [0.5, 0.6) is 0 Å². The molecular weight excluding hydrogens is 187 g/mol. The van der Waals surface area contributed by atoms with E-state index in [1.54, 1.807) is 24.3 Å². The number of carbonyl (C=O) groups is 1. The van der Waals surface area contributed by atoms with Crippen molar-refractivity contribution in [3.05, 3.63) is 41.2 Å². The highest BCUT2D eigenvalue weighted by Gasteiger charge is 1.98. The van der Waals surface area contributed by atoms with Gasteiger partial charge in [0.05, 0.1) is 0 Å². The van der Waals surface area contributed by atoms with Crippen molar-refractivity contribution in [3.8, 4) is 0 Å². The molecule has 0 aromatic heterocycles. The number of thiol groups is 1. The summed E-state index contributed by atoms with van der Waals surface area (Å²) in [4.78, 5) is 10.3.